The number of halogens is 2. The molecule has 8 nitrogen and oxygen atoms in total. The number of imidazole rings is 1. The van der Waals surface area contributed by atoms with Gasteiger partial charge in [0.2, 0.25) is 0 Å². The van der Waals surface area contributed by atoms with Crippen molar-refractivity contribution in [2.75, 3.05) is 24.2 Å². The number of alkyl halides is 2. The van der Waals surface area contributed by atoms with E-state index in [4.69, 9.17) is 0 Å². The molecule has 3 aromatic rings. The van der Waals surface area contributed by atoms with Gasteiger partial charge in [0.1, 0.15) is 29.8 Å². The second-order valence-corrected chi connectivity index (χ2v) is 9.21. The van der Waals surface area contributed by atoms with E-state index < -0.39 is 17.8 Å². The first kappa shape index (κ1) is 21.8. The predicted molar refractivity (Wildman–Crippen MR) is 115 cm³/mol. The minimum atomic E-state index is -2.67. The number of anilines is 1. The van der Waals surface area contributed by atoms with E-state index in [9.17, 15) is 13.3 Å². The Morgan fingerprint density at radius 1 is 1.26 bits per heavy atom. The van der Waals surface area contributed by atoms with E-state index in [-0.39, 0.29) is 11.7 Å². The molecule has 3 aromatic heterocycles. The lowest BCUT2D eigenvalue weighted by atomic mass is 9.85. The fourth-order valence-electron chi connectivity index (χ4n) is 4.06. The van der Waals surface area contributed by atoms with Gasteiger partial charge in [0.05, 0.1) is 11.9 Å². The number of hydrogen-bond acceptors (Lipinski definition) is 7. The Labute approximate surface area is 182 Å². The molecule has 1 saturated heterocycles. The highest BCUT2D eigenvalue weighted by Gasteiger charge is 2.32. The lowest BCUT2D eigenvalue weighted by Crippen LogP contribution is -2.49. The van der Waals surface area contributed by atoms with E-state index in [1.807, 2.05) is 6.07 Å². The van der Waals surface area contributed by atoms with E-state index >= 15 is 0 Å². The van der Waals surface area contributed by atoms with Crippen LogP contribution in [0.5, 0.6) is 0 Å². The van der Waals surface area contributed by atoms with Crippen LogP contribution < -0.4 is 9.62 Å². The van der Waals surface area contributed by atoms with Crippen LogP contribution in [0.25, 0.3) is 17.0 Å². The van der Waals surface area contributed by atoms with Gasteiger partial charge in [-0.3, -0.25) is 0 Å². The monoisotopic (exact) mass is 449 g/mol. The third kappa shape index (κ3) is 4.63. The van der Waals surface area contributed by atoms with Crippen LogP contribution in [0, 0.1) is 11.8 Å². The van der Waals surface area contributed by atoms with Crippen LogP contribution in [-0.4, -0.2) is 54.5 Å². The molecule has 4 atom stereocenters. The molecule has 4 unspecified atom stereocenters. The highest BCUT2D eigenvalue weighted by molar-refractivity contribution is 7.88. The molecule has 0 amide bonds. The Morgan fingerprint density at radius 3 is 2.81 bits per heavy atom. The number of nitrogens with one attached hydrogen (secondary N) is 1. The maximum atomic E-state index is 13.1. The summed E-state index contributed by atoms with van der Waals surface area (Å²) >= 11 is -1.05. The molecule has 1 aliphatic rings. The summed E-state index contributed by atoms with van der Waals surface area (Å²) in [5.74, 6) is 1.52. The molecule has 11 heteroatoms. The molecule has 166 valence electrons. The molecule has 1 fully saturated rings. The van der Waals surface area contributed by atoms with E-state index in [1.165, 1.54) is 23.0 Å². The number of piperidine rings is 1. The number of hydrogen-bond donors (Lipinski definition) is 1. The SMILES string of the molecule is CC1CC(CN[S+](C)[O-])CN(c2cc(-c3cnc4ccc(C(F)F)nn34)ncn2)C1C. The average Bonchev–Trinajstić information content (AvgIpc) is 3.17. The smallest absolute Gasteiger partial charge is 0.282 e. The molecule has 0 radical (unpaired) electrons. The topological polar surface area (TPSA) is 94.3 Å². The van der Waals surface area contributed by atoms with E-state index in [0.717, 1.165) is 18.8 Å². The molecule has 4 heterocycles. The third-order valence-corrected chi connectivity index (χ3v) is 6.44. The quantitative estimate of drug-likeness (QED) is 0.578. The van der Waals surface area contributed by atoms with Crippen molar-refractivity contribution in [1.82, 2.24) is 29.3 Å². The first-order chi connectivity index (χ1) is 14.8. The van der Waals surface area contributed by atoms with Crippen LogP contribution in [0.3, 0.4) is 0 Å². The molecule has 31 heavy (non-hydrogen) atoms. The predicted octanol–water partition coefficient (Wildman–Crippen LogP) is 2.86. The van der Waals surface area contributed by atoms with Crippen molar-refractivity contribution in [1.29, 1.82) is 0 Å². The Kier molecular flexibility index (Phi) is 6.35. The second-order valence-electron chi connectivity index (χ2n) is 8.01. The molecule has 1 aliphatic heterocycles. The molecule has 0 aliphatic carbocycles. The summed E-state index contributed by atoms with van der Waals surface area (Å²) in [5.41, 5.74) is 1.24. The van der Waals surface area contributed by atoms with Gasteiger partial charge in [0.25, 0.3) is 6.43 Å². The molecule has 0 aromatic carbocycles. The number of rotatable bonds is 6. The molecule has 1 N–H and O–H groups in total. The van der Waals surface area contributed by atoms with Crippen LogP contribution in [0.2, 0.25) is 0 Å². The maximum Gasteiger partial charge on any atom is 0.282 e. The Balaban J connectivity index is 1.65. The zero-order chi connectivity index (χ0) is 22.1. The number of fused-ring (bicyclic) bond motifs is 1. The summed E-state index contributed by atoms with van der Waals surface area (Å²) in [6.07, 6.45) is 3.05. The first-order valence-corrected chi connectivity index (χ1v) is 11.7. The molecular formula is C20H25F2N7OS. The van der Waals surface area contributed by atoms with Gasteiger partial charge in [-0.05, 0) is 37.3 Å². The van der Waals surface area contributed by atoms with Crippen molar-refractivity contribution in [3.63, 3.8) is 0 Å². The summed E-state index contributed by atoms with van der Waals surface area (Å²) < 4.78 is 42.1. The number of aromatic nitrogens is 5. The average molecular weight is 450 g/mol. The summed E-state index contributed by atoms with van der Waals surface area (Å²) in [4.78, 5) is 15.3. The minimum Gasteiger partial charge on any atom is -0.598 e. The van der Waals surface area contributed by atoms with E-state index in [2.05, 4.69) is 43.5 Å². The molecule has 0 spiro atoms. The van der Waals surface area contributed by atoms with Gasteiger partial charge in [-0.2, -0.15) is 5.10 Å². The molecule has 0 saturated carbocycles. The summed E-state index contributed by atoms with van der Waals surface area (Å²) in [7, 11) is 0. The van der Waals surface area contributed by atoms with Gasteiger partial charge >= 0.3 is 0 Å². The normalized spacial score (nSPS) is 22.9. The van der Waals surface area contributed by atoms with E-state index in [1.54, 1.807) is 12.5 Å². The molecule has 0 bridgehead atoms. The van der Waals surface area contributed by atoms with Crippen molar-refractivity contribution in [3.05, 3.63) is 36.4 Å². The van der Waals surface area contributed by atoms with Crippen molar-refractivity contribution in [2.24, 2.45) is 11.8 Å². The van der Waals surface area contributed by atoms with Gasteiger partial charge in [-0.15, -0.1) is 4.72 Å². The highest BCUT2D eigenvalue weighted by Crippen LogP contribution is 2.32. The van der Waals surface area contributed by atoms with Gasteiger partial charge in [0, 0.05) is 36.6 Å². The standard InChI is InChI=1S/C20H25F2N7OS/c1-12-6-14(8-26-31(3)30)10-28(13(12)2)19-7-16(24-11-25-19)17-9-23-18-5-4-15(20(21)22)27-29(17)18/h4-5,7,9,11-14,20,26H,6,8,10H2,1-3H3. The van der Waals surface area contributed by atoms with Gasteiger partial charge < -0.3 is 9.45 Å². The van der Waals surface area contributed by atoms with Gasteiger partial charge in [-0.25, -0.2) is 28.2 Å². The summed E-state index contributed by atoms with van der Waals surface area (Å²) in [5, 5.41) is 4.03. The van der Waals surface area contributed by atoms with Crippen molar-refractivity contribution >= 4 is 22.8 Å². The molecule has 4 rings (SSSR count). The fourth-order valence-corrected chi connectivity index (χ4v) is 4.53. The minimum absolute atomic E-state index is 0.261. The maximum absolute atomic E-state index is 13.1. The van der Waals surface area contributed by atoms with Gasteiger partial charge in [-0.1, -0.05) is 6.92 Å². The highest BCUT2D eigenvalue weighted by atomic mass is 32.2. The zero-order valence-electron chi connectivity index (χ0n) is 17.6. The van der Waals surface area contributed by atoms with Crippen LogP contribution in [0.1, 0.15) is 32.4 Å². The van der Waals surface area contributed by atoms with Crippen LogP contribution in [-0.2, 0) is 11.4 Å². The van der Waals surface area contributed by atoms with Crippen molar-refractivity contribution in [2.45, 2.75) is 32.7 Å². The molecular weight excluding hydrogens is 424 g/mol. The Morgan fingerprint density at radius 2 is 2.06 bits per heavy atom. The van der Waals surface area contributed by atoms with Crippen molar-refractivity contribution in [3.8, 4) is 11.4 Å². The van der Waals surface area contributed by atoms with Crippen LogP contribution >= 0.6 is 0 Å². The number of nitrogens with zero attached hydrogens (tertiary/aromatic N) is 6. The second kappa shape index (κ2) is 9.01. The van der Waals surface area contributed by atoms with Gasteiger partial charge in [0.15, 0.2) is 5.65 Å². The summed E-state index contributed by atoms with van der Waals surface area (Å²) in [6, 6.07) is 4.90. The summed E-state index contributed by atoms with van der Waals surface area (Å²) in [6.45, 7) is 5.81. The Hall–Kier alpha value is -2.37. The Bertz CT molecular complexity index is 1050. The largest absolute Gasteiger partial charge is 0.598 e. The third-order valence-electron chi connectivity index (χ3n) is 5.87. The van der Waals surface area contributed by atoms with E-state index in [0.29, 0.717) is 35.4 Å². The van der Waals surface area contributed by atoms with Crippen LogP contribution in [0.15, 0.2) is 30.7 Å². The van der Waals surface area contributed by atoms with Crippen LogP contribution in [0.4, 0.5) is 14.6 Å². The lowest BCUT2D eigenvalue weighted by molar-refractivity contribution is 0.144. The first-order valence-electron chi connectivity index (χ1n) is 10.1. The van der Waals surface area contributed by atoms with Crippen molar-refractivity contribution < 1.29 is 13.3 Å². The zero-order valence-corrected chi connectivity index (χ0v) is 18.4. The fraction of sp³-hybridized carbons (Fsp3) is 0.500. The lowest BCUT2D eigenvalue weighted by Gasteiger charge is -2.42.